The number of hydrogen-bond donors (Lipinski definition) is 1. The van der Waals surface area contributed by atoms with Crippen molar-refractivity contribution in [1.82, 2.24) is 0 Å². The number of hydrogen-bond acceptors (Lipinski definition) is 5. The number of benzene rings is 3. The maximum atomic E-state index is 13.5. The summed E-state index contributed by atoms with van der Waals surface area (Å²) >= 11 is 0. The van der Waals surface area contributed by atoms with E-state index in [0.29, 0.717) is 42.0 Å². The predicted molar refractivity (Wildman–Crippen MR) is 154 cm³/mol. The Hall–Kier alpha value is -4.06. The first kappa shape index (κ1) is 28.0. The van der Waals surface area contributed by atoms with E-state index in [1.165, 1.54) is 4.90 Å². The van der Waals surface area contributed by atoms with Crippen LogP contribution < -0.4 is 14.4 Å². The smallest absolute Gasteiger partial charge is 0.300 e. The van der Waals surface area contributed by atoms with Gasteiger partial charge in [0.15, 0.2) is 0 Å². The summed E-state index contributed by atoms with van der Waals surface area (Å²) in [4.78, 5) is 28.4. The number of ketones is 1. The third-order valence-corrected chi connectivity index (χ3v) is 6.52. The lowest BCUT2D eigenvalue weighted by Gasteiger charge is -2.26. The maximum absolute atomic E-state index is 13.5. The summed E-state index contributed by atoms with van der Waals surface area (Å²) in [5.41, 5.74) is 3.62. The van der Waals surface area contributed by atoms with Crippen molar-refractivity contribution in [3.05, 3.63) is 94.6 Å². The van der Waals surface area contributed by atoms with Gasteiger partial charge < -0.3 is 14.6 Å². The molecule has 1 aliphatic heterocycles. The molecule has 6 nitrogen and oxygen atoms in total. The van der Waals surface area contributed by atoms with Crippen molar-refractivity contribution in [1.29, 1.82) is 0 Å². The molecule has 39 heavy (non-hydrogen) atoms. The first-order chi connectivity index (χ1) is 18.6. The lowest BCUT2D eigenvalue weighted by molar-refractivity contribution is -0.132. The molecule has 0 aliphatic carbocycles. The Morgan fingerprint density at radius 3 is 2.15 bits per heavy atom. The van der Waals surface area contributed by atoms with Gasteiger partial charge in [-0.15, -0.1) is 0 Å². The molecule has 1 saturated heterocycles. The van der Waals surface area contributed by atoms with Crippen molar-refractivity contribution < 1.29 is 24.2 Å². The highest BCUT2D eigenvalue weighted by Gasteiger charge is 2.47. The molecule has 1 atom stereocenters. The second-order valence-corrected chi connectivity index (χ2v) is 11.0. The molecule has 1 amide bonds. The van der Waals surface area contributed by atoms with E-state index in [9.17, 15) is 14.7 Å². The molecule has 4 rings (SSSR count). The molecular formula is C33H37NO5. The second kappa shape index (κ2) is 11.8. The van der Waals surface area contributed by atoms with E-state index in [0.717, 1.165) is 22.4 Å². The Balaban J connectivity index is 1.78. The van der Waals surface area contributed by atoms with Crippen LogP contribution in [0.3, 0.4) is 0 Å². The van der Waals surface area contributed by atoms with Gasteiger partial charge in [-0.3, -0.25) is 14.5 Å². The summed E-state index contributed by atoms with van der Waals surface area (Å²) in [5.74, 6) is 0.534. The van der Waals surface area contributed by atoms with Gasteiger partial charge in [0.25, 0.3) is 11.7 Å². The molecule has 6 heteroatoms. The first-order valence-electron chi connectivity index (χ1n) is 13.4. The fraction of sp³-hybridized carbons (Fsp3) is 0.333. The lowest BCUT2D eigenvalue weighted by Crippen LogP contribution is -2.29. The lowest BCUT2D eigenvalue weighted by atomic mass is 9.94. The molecule has 1 unspecified atom stereocenters. The number of aliphatic hydroxyl groups excluding tert-OH is 1. The quantitative estimate of drug-likeness (QED) is 0.184. The minimum atomic E-state index is -0.787. The van der Waals surface area contributed by atoms with E-state index in [1.807, 2.05) is 38.1 Å². The molecule has 1 aliphatic rings. The predicted octanol–water partition coefficient (Wildman–Crippen LogP) is 7.00. The largest absolute Gasteiger partial charge is 0.507 e. The fourth-order valence-corrected chi connectivity index (χ4v) is 4.59. The fourth-order valence-electron chi connectivity index (χ4n) is 4.59. The number of nitrogens with zero attached hydrogens (tertiary/aromatic N) is 1. The normalized spacial score (nSPS) is 16.8. The monoisotopic (exact) mass is 527 g/mol. The van der Waals surface area contributed by atoms with Crippen LogP contribution in [0.2, 0.25) is 0 Å². The zero-order chi connectivity index (χ0) is 28.3. The van der Waals surface area contributed by atoms with Gasteiger partial charge in [-0.2, -0.15) is 0 Å². The molecule has 3 aromatic rings. The summed E-state index contributed by atoms with van der Waals surface area (Å²) in [6.45, 7) is 13.3. The van der Waals surface area contributed by atoms with Crippen molar-refractivity contribution in [3.8, 4) is 11.5 Å². The number of carbonyl (C=O) groups is 2. The number of ether oxygens (including phenoxy) is 2. The van der Waals surface area contributed by atoms with Gasteiger partial charge in [-0.1, -0.05) is 57.5 Å². The Morgan fingerprint density at radius 1 is 0.872 bits per heavy atom. The third-order valence-electron chi connectivity index (χ3n) is 6.52. The van der Waals surface area contributed by atoms with E-state index in [4.69, 9.17) is 9.47 Å². The SMILES string of the molecule is Cc1cccc(C2/C(=C(/O)c3ccc(OCC(C)C)c(C)c3)C(=O)C(=O)N2c2ccc(OCC(C)C)cc2)c1. The second-order valence-electron chi connectivity index (χ2n) is 11.0. The minimum Gasteiger partial charge on any atom is -0.507 e. The first-order valence-corrected chi connectivity index (χ1v) is 13.4. The van der Waals surface area contributed by atoms with Crippen LogP contribution in [-0.4, -0.2) is 30.0 Å². The van der Waals surface area contributed by atoms with Gasteiger partial charge in [-0.05, 0) is 79.3 Å². The zero-order valence-corrected chi connectivity index (χ0v) is 23.5. The van der Waals surface area contributed by atoms with Gasteiger partial charge in [0, 0.05) is 11.3 Å². The molecule has 1 N–H and O–H groups in total. The molecule has 0 saturated carbocycles. The van der Waals surface area contributed by atoms with E-state index < -0.39 is 17.7 Å². The summed E-state index contributed by atoms with van der Waals surface area (Å²) in [5, 5.41) is 11.5. The maximum Gasteiger partial charge on any atom is 0.300 e. The van der Waals surface area contributed by atoms with Crippen molar-refractivity contribution in [2.45, 2.75) is 47.6 Å². The van der Waals surface area contributed by atoms with Crippen molar-refractivity contribution in [2.24, 2.45) is 11.8 Å². The number of aryl methyl sites for hydroxylation is 2. The molecule has 0 spiro atoms. The van der Waals surface area contributed by atoms with Crippen LogP contribution in [0, 0.1) is 25.7 Å². The molecule has 0 aromatic heterocycles. The van der Waals surface area contributed by atoms with Crippen molar-refractivity contribution >= 4 is 23.1 Å². The number of amides is 1. The third kappa shape index (κ3) is 6.17. The van der Waals surface area contributed by atoms with Gasteiger partial charge in [-0.25, -0.2) is 0 Å². The summed E-state index contributed by atoms with van der Waals surface area (Å²) in [6, 6.07) is 19.3. The van der Waals surface area contributed by atoms with Crippen LogP contribution in [0.25, 0.3) is 5.76 Å². The van der Waals surface area contributed by atoms with E-state index in [1.54, 1.807) is 42.5 Å². The van der Waals surface area contributed by atoms with E-state index in [-0.39, 0.29) is 11.3 Å². The standard InChI is InChI=1S/C33H37NO5/c1-20(2)18-38-27-13-11-26(12-14-27)34-30(24-9-7-8-22(5)16-24)29(32(36)33(34)37)31(35)25-10-15-28(23(6)17-25)39-19-21(3)4/h7-17,20-21,30,35H,18-19H2,1-6H3/b31-29-. The Labute approximate surface area is 230 Å². The Kier molecular flexibility index (Phi) is 8.44. The molecule has 1 fully saturated rings. The topological polar surface area (TPSA) is 76.1 Å². The Bertz CT molecular complexity index is 1390. The molecule has 204 valence electrons. The highest BCUT2D eigenvalue weighted by Crippen LogP contribution is 2.43. The number of carbonyl (C=O) groups excluding carboxylic acids is 2. The van der Waals surface area contributed by atoms with Gasteiger partial charge in [0.2, 0.25) is 0 Å². The van der Waals surface area contributed by atoms with Gasteiger partial charge in [0.1, 0.15) is 17.3 Å². The summed E-state index contributed by atoms with van der Waals surface area (Å²) in [7, 11) is 0. The average molecular weight is 528 g/mol. The summed E-state index contributed by atoms with van der Waals surface area (Å²) < 4.78 is 11.7. The van der Waals surface area contributed by atoms with Crippen LogP contribution in [0.5, 0.6) is 11.5 Å². The minimum absolute atomic E-state index is 0.0565. The van der Waals surface area contributed by atoms with E-state index in [2.05, 4.69) is 27.7 Å². The number of anilines is 1. The highest BCUT2D eigenvalue weighted by atomic mass is 16.5. The molecule has 3 aromatic carbocycles. The summed E-state index contributed by atoms with van der Waals surface area (Å²) in [6.07, 6.45) is 0. The van der Waals surface area contributed by atoms with Gasteiger partial charge in [0.05, 0.1) is 24.8 Å². The zero-order valence-electron chi connectivity index (χ0n) is 23.5. The molecule has 0 bridgehead atoms. The van der Waals surface area contributed by atoms with Crippen LogP contribution in [0.1, 0.15) is 56.0 Å². The number of Topliss-reactive ketones (excluding diaryl/α,β-unsaturated/α-hetero) is 1. The van der Waals surface area contributed by atoms with Crippen LogP contribution in [0.15, 0.2) is 72.3 Å². The number of aliphatic hydroxyl groups is 1. The molecule has 0 radical (unpaired) electrons. The van der Waals surface area contributed by atoms with Gasteiger partial charge >= 0.3 is 0 Å². The average Bonchev–Trinajstić information content (AvgIpc) is 3.16. The van der Waals surface area contributed by atoms with Crippen LogP contribution in [-0.2, 0) is 9.59 Å². The number of rotatable bonds is 9. The molecule has 1 heterocycles. The van der Waals surface area contributed by atoms with E-state index >= 15 is 0 Å². The Morgan fingerprint density at radius 2 is 1.54 bits per heavy atom. The van der Waals surface area contributed by atoms with Crippen molar-refractivity contribution in [3.63, 3.8) is 0 Å². The van der Waals surface area contributed by atoms with Crippen molar-refractivity contribution in [2.75, 3.05) is 18.1 Å². The van der Waals surface area contributed by atoms with Crippen LogP contribution >= 0.6 is 0 Å². The molecular weight excluding hydrogens is 490 g/mol. The van der Waals surface area contributed by atoms with Crippen LogP contribution in [0.4, 0.5) is 5.69 Å². The highest BCUT2D eigenvalue weighted by molar-refractivity contribution is 6.51.